The van der Waals surface area contributed by atoms with Gasteiger partial charge in [0.2, 0.25) is 0 Å². The highest BCUT2D eigenvalue weighted by molar-refractivity contribution is 7.87. The fourth-order valence-corrected chi connectivity index (χ4v) is 2.61. The molecule has 0 fully saturated rings. The largest absolute Gasteiger partial charge is 0.534 e. The van der Waals surface area contributed by atoms with Gasteiger partial charge in [0.05, 0.1) is 24.3 Å². The minimum atomic E-state index is -5.84. The number of ether oxygens (including phenoxy) is 2. The molecule has 0 saturated heterocycles. The molecular weight excluding hydrogens is 401 g/mol. The number of benzene rings is 2. The Hall–Kier alpha value is -3.08. The van der Waals surface area contributed by atoms with Crippen molar-refractivity contribution in [2.24, 2.45) is 0 Å². The normalized spacial score (nSPS) is 12.0. The highest BCUT2D eigenvalue weighted by Crippen LogP contribution is 2.33. The SMILES string of the molecule is COc1cc2nc(OS(=O)(=O)C(F)(F)F)cnc2cc1OCc1ccccc1. The lowest BCUT2D eigenvalue weighted by Crippen LogP contribution is -2.28. The number of hydrogen-bond acceptors (Lipinski definition) is 7. The van der Waals surface area contributed by atoms with Crippen LogP contribution in [0.2, 0.25) is 0 Å². The summed E-state index contributed by atoms with van der Waals surface area (Å²) in [5.41, 5.74) is -4.34. The Bertz CT molecular complexity index is 1090. The van der Waals surface area contributed by atoms with Gasteiger partial charge in [-0.15, -0.1) is 0 Å². The Morgan fingerprint density at radius 3 is 2.36 bits per heavy atom. The molecule has 0 aliphatic carbocycles. The standard InChI is InChI=1S/C17H13F3N2O5S/c1-25-14-8-13-12(7-15(14)26-10-11-5-3-2-4-6-11)21-9-16(22-13)27-28(23,24)17(18,19)20/h2-9H,10H2,1H3. The van der Waals surface area contributed by atoms with E-state index in [0.717, 1.165) is 11.8 Å². The van der Waals surface area contributed by atoms with Gasteiger partial charge in [0.1, 0.15) is 6.61 Å². The van der Waals surface area contributed by atoms with E-state index in [9.17, 15) is 21.6 Å². The third-order valence-electron chi connectivity index (χ3n) is 3.52. The summed E-state index contributed by atoms with van der Waals surface area (Å²) in [6.07, 6.45) is 0.777. The summed E-state index contributed by atoms with van der Waals surface area (Å²) in [7, 11) is -4.47. The molecule has 0 unspecified atom stereocenters. The van der Waals surface area contributed by atoms with Crippen LogP contribution in [-0.4, -0.2) is 31.0 Å². The van der Waals surface area contributed by atoms with Crippen LogP contribution in [-0.2, 0) is 16.7 Å². The number of aromatic nitrogens is 2. The minimum absolute atomic E-state index is 0.0683. The number of alkyl halides is 3. The maximum Gasteiger partial charge on any atom is 0.534 e. The number of methoxy groups -OCH3 is 1. The van der Waals surface area contributed by atoms with Gasteiger partial charge in [-0.05, 0) is 5.56 Å². The van der Waals surface area contributed by atoms with Crippen molar-refractivity contribution in [1.82, 2.24) is 9.97 Å². The lowest BCUT2D eigenvalue weighted by Gasteiger charge is -2.12. The molecule has 28 heavy (non-hydrogen) atoms. The molecule has 0 aliphatic heterocycles. The maximum absolute atomic E-state index is 12.4. The van der Waals surface area contributed by atoms with Crippen molar-refractivity contribution in [2.45, 2.75) is 12.1 Å². The van der Waals surface area contributed by atoms with Crippen LogP contribution in [0.1, 0.15) is 5.56 Å². The van der Waals surface area contributed by atoms with Crippen molar-refractivity contribution in [1.29, 1.82) is 0 Å². The van der Waals surface area contributed by atoms with Crippen molar-refractivity contribution in [2.75, 3.05) is 7.11 Å². The smallest absolute Gasteiger partial charge is 0.493 e. The van der Waals surface area contributed by atoms with E-state index in [1.54, 1.807) is 0 Å². The highest BCUT2D eigenvalue weighted by atomic mass is 32.2. The molecule has 1 aromatic heterocycles. The Morgan fingerprint density at radius 1 is 1.04 bits per heavy atom. The zero-order chi connectivity index (χ0) is 20.4. The average molecular weight is 414 g/mol. The topological polar surface area (TPSA) is 87.6 Å². The second-order valence-electron chi connectivity index (χ2n) is 5.46. The predicted octanol–water partition coefficient (Wildman–Crippen LogP) is 3.45. The summed E-state index contributed by atoms with van der Waals surface area (Å²) in [6, 6.07) is 12.2. The molecule has 3 rings (SSSR count). The van der Waals surface area contributed by atoms with Gasteiger partial charge >= 0.3 is 15.6 Å². The molecule has 0 saturated carbocycles. The van der Waals surface area contributed by atoms with E-state index in [2.05, 4.69) is 14.2 Å². The number of halogens is 3. The third kappa shape index (κ3) is 4.25. The highest BCUT2D eigenvalue weighted by Gasteiger charge is 2.48. The van der Waals surface area contributed by atoms with Gasteiger partial charge in [-0.3, -0.25) is 0 Å². The van der Waals surface area contributed by atoms with E-state index in [0.29, 0.717) is 5.75 Å². The van der Waals surface area contributed by atoms with Crippen LogP contribution in [0.4, 0.5) is 13.2 Å². The fourth-order valence-electron chi connectivity index (χ4n) is 2.21. The second-order valence-corrected chi connectivity index (χ2v) is 7.00. The molecule has 0 spiro atoms. The van der Waals surface area contributed by atoms with Crippen LogP contribution in [0.3, 0.4) is 0 Å². The van der Waals surface area contributed by atoms with Crippen molar-refractivity contribution in [3.05, 3.63) is 54.2 Å². The molecule has 0 N–H and O–H groups in total. The maximum atomic E-state index is 12.4. The van der Waals surface area contributed by atoms with Gasteiger partial charge in [-0.25, -0.2) is 9.97 Å². The first-order valence-corrected chi connectivity index (χ1v) is 9.13. The van der Waals surface area contributed by atoms with Crippen LogP contribution in [0.25, 0.3) is 11.0 Å². The molecule has 1 heterocycles. The lowest BCUT2D eigenvalue weighted by molar-refractivity contribution is -0.0501. The van der Waals surface area contributed by atoms with Gasteiger partial charge in [0.25, 0.3) is 5.88 Å². The fraction of sp³-hybridized carbons (Fsp3) is 0.176. The monoisotopic (exact) mass is 414 g/mol. The van der Waals surface area contributed by atoms with Crippen LogP contribution in [0.5, 0.6) is 17.4 Å². The van der Waals surface area contributed by atoms with Gasteiger partial charge in [0, 0.05) is 12.1 Å². The number of hydrogen-bond donors (Lipinski definition) is 0. The number of nitrogens with zero attached hydrogens (tertiary/aromatic N) is 2. The zero-order valence-corrected chi connectivity index (χ0v) is 15.1. The summed E-state index contributed by atoms with van der Waals surface area (Å²) < 4.78 is 74.4. The predicted molar refractivity (Wildman–Crippen MR) is 92.5 cm³/mol. The molecule has 3 aromatic rings. The number of rotatable bonds is 6. The molecule has 0 amide bonds. The molecule has 7 nitrogen and oxygen atoms in total. The van der Waals surface area contributed by atoms with E-state index in [4.69, 9.17) is 9.47 Å². The molecule has 148 valence electrons. The first kappa shape index (κ1) is 19.7. The summed E-state index contributed by atoms with van der Waals surface area (Å²) in [4.78, 5) is 7.63. The summed E-state index contributed by atoms with van der Waals surface area (Å²) in [5, 5.41) is 0. The van der Waals surface area contributed by atoms with Crippen LogP contribution >= 0.6 is 0 Å². The first-order valence-electron chi connectivity index (χ1n) is 7.72. The van der Waals surface area contributed by atoms with E-state index in [1.165, 1.54) is 19.2 Å². The zero-order valence-electron chi connectivity index (χ0n) is 14.3. The van der Waals surface area contributed by atoms with Crippen molar-refractivity contribution < 1.29 is 35.2 Å². The Labute approximate surface area is 157 Å². The molecule has 0 bridgehead atoms. The van der Waals surface area contributed by atoms with Crippen molar-refractivity contribution >= 4 is 21.2 Å². The van der Waals surface area contributed by atoms with Crippen LogP contribution in [0.15, 0.2) is 48.7 Å². The molecule has 0 radical (unpaired) electrons. The average Bonchev–Trinajstić information content (AvgIpc) is 2.65. The summed E-state index contributed by atoms with van der Waals surface area (Å²) >= 11 is 0. The van der Waals surface area contributed by atoms with E-state index < -0.39 is 21.5 Å². The molecular formula is C17H13F3N2O5S. The van der Waals surface area contributed by atoms with E-state index in [-0.39, 0.29) is 23.4 Å². The van der Waals surface area contributed by atoms with Crippen LogP contribution in [0, 0.1) is 0 Å². The minimum Gasteiger partial charge on any atom is -0.493 e. The Kier molecular flexibility index (Phi) is 5.27. The molecule has 0 aliphatic rings. The van der Waals surface area contributed by atoms with Gasteiger partial charge in [-0.2, -0.15) is 21.6 Å². The van der Waals surface area contributed by atoms with Crippen molar-refractivity contribution in [3.8, 4) is 17.4 Å². The summed E-state index contributed by atoms with van der Waals surface area (Å²) in [6.45, 7) is 0.251. The Morgan fingerprint density at radius 2 is 1.71 bits per heavy atom. The van der Waals surface area contributed by atoms with Gasteiger partial charge < -0.3 is 13.7 Å². The second kappa shape index (κ2) is 7.50. The summed E-state index contributed by atoms with van der Waals surface area (Å²) in [5.74, 6) is -0.233. The van der Waals surface area contributed by atoms with Crippen LogP contribution < -0.4 is 13.7 Å². The van der Waals surface area contributed by atoms with E-state index in [1.807, 2.05) is 30.3 Å². The Balaban J connectivity index is 1.89. The molecule has 0 atom stereocenters. The first-order chi connectivity index (χ1) is 13.2. The third-order valence-corrected chi connectivity index (χ3v) is 4.48. The van der Waals surface area contributed by atoms with Gasteiger partial charge in [-0.1, -0.05) is 30.3 Å². The molecule has 11 heteroatoms. The van der Waals surface area contributed by atoms with E-state index >= 15 is 0 Å². The lowest BCUT2D eigenvalue weighted by atomic mass is 10.2. The van der Waals surface area contributed by atoms with Gasteiger partial charge in [0.15, 0.2) is 11.5 Å². The number of fused-ring (bicyclic) bond motifs is 1. The molecule has 2 aromatic carbocycles. The quantitative estimate of drug-likeness (QED) is 0.451. The van der Waals surface area contributed by atoms with Crippen molar-refractivity contribution in [3.63, 3.8) is 0 Å².